The van der Waals surface area contributed by atoms with E-state index in [0.717, 1.165) is 28.7 Å². The lowest BCUT2D eigenvalue weighted by atomic mass is 10.1. The molecule has 0 aliphatic rings. The number of nitro benzene ring substituents is 1. The van der Waals surface area contributed by atoms with Crippen molar-refractivity contribution in [3.8, 4) is 11.8 Å². The Morgan fingerprint density at radius 2 is 1.70 bits per heavy atom. The van der Waals surface area contributed by atoms with E-state index in [1.165, 1.54) is 24.3 Å². The molecule has 0 spiro atoms. The molecule has 166 valence electrons. The number of carbonyl (C=O) groups is 1. The number of non-ortho nitro benzene ring substituents is 1. The Morgan fingerprint density at radius 1 is 1.06 bits per heavy atom. The summed E-state index contributed by atoms with van der Waals surface area (Å²) in [5.74, 6) is -0.812. The summed E-state index contributed by atoms with van der Waals surface area (Å²) in [4.78, 5) is 22.3. The van der Waals surface area contributed by atoms with Crippen LogP contribution in [-0.4, -0.2) is 19.2 Å². The van der Waals surface area contributed by atoms with Crippen molar-refractivity contribution in [3.05, 3.63) is 98.5 Å². The van der Waals surface area contributed by atoms with Crippen LogP contribution in [0.15, 0.2) is 87.7 Å². The smallest absolute Gasteiger partial charge is 0.339 e. The molecule has 3 aromatic rings. The predicted octanol–water partition coefficient (Wildman–Crippen LogP) is 4.67. The number of halogens is 1. The van der Waals surface area contributed by atoms with Crippen molar-refractivity contribution in [3.63, 3.8) is 0 Å². The van der Waals surface area contributed by atoms with E-state index in [1.807, 2.05) is 0 Å². The fourth-order valence-electron chi connectivity index (χ4n) is 2.61. The van der Waals surface area contributed by atoms with Crippen LogP contribution in [-0.2, 0) is 14.9 Å². The summed E-state index contributed by atoms with van der Waals surface area (Å²) in [6.07, 6.45) is 1.20. The maximum absolute atomic E-state index is 12.6. The molecule has 1 N–H and O–H groups in total. The SMILES string of the molecule is N#C/C(=C/c1ccccc1OS(=O)(=O)c1ccc([N+](=O)[O-])cc1)C(=O)Nc1ccc(Br)cc1. The number of anilines is 1. The number of rotatable bonds is 7. The van der Waals surface area contributed by atoms with Gasteiger partial charge in [-0.05, 0) is 48.5 Å². The molecule has 3 rings (SSSR count). The minimum atomic E-state index is -4.33. The van der Waals surface area contributed by atoms with Crippen molar-refractivity contribution < 1.29 is 22.3 Å². The quantitative estimate of drug-likeness (QED) is 0.155. The molecular formula is C22H14BrN3O6S. The minimum Gasteiger partial charge on any atom is -0.378 e. The average molecular weight is 528 g/mol. The Bertz CT molecular complexity index is 1380. The highest BCUT2D eigenvalue weighted by atomic mass is 79.9. The number of para-hydroxylation sites is 1. The van der Waals surface area contributed by atoms with E-state index in [4.69, 9.17) is 4.18 Å². The lowest BCUT2D eigenvalue weighted by molar-refractivity contribution is -0.384. The second-order valence-electron chi connectivity index (χ2n) is 6.46. The maximum Gasteiger partial charge on any atom is 0.339 e. The van der Waals surface area contributed by atoms with E-state index in [9.17, 15) is 28.6 Å². The van der Waals surface area contributed by atoms with E-state index >= 15 is 0 Å². The number of hydrogen-bond acceptors (Lipinski definition) is 7. The lowest BCUT2D eigenvalue weighted by Gasteiger charge is -2.10. The lowest BCUT2D eigenvalue weighted by Crippen LogP contribution is -2.14. The van der Waals surface area contributed by atoms with E-state index in [2.05, 4.69) is 21.2 Å². The average Bonchev–Trinajstić information content (AvgIpc) is 2.79. The molecule has 0 heterocycles. The van der Waals surface area contributed by atoms with Crippen LogP contribution in [0, 0.1) is 21.4 Å². The molecule has 0 atom stereocenters. The molecule has 0 saturated heterocycles. The predicted molar refractivity (Wildman–Crippen MR) is 124 cm³/mol. The summed E-state index contributed by atoms with van der Waals surface area (Å²) in [5, 5.41) is 22.8. The largest absolute Gasteiger partial charge is 0.378 e. The third-order valence-electron chi connectivity index (χ3n) is 4.22. The fourth-order valence-corrected chi connectivity index (χ4v) is 3.83. The second-order valence-corrected chi connectivity index (χ2v) is 8.92. The van der Waals surface area contributed by atoms with Gasteiger partial charge in [0, 0.05) is 27.9 Å². The highest BCUT2D eigenvalue weighted by Crippen LogP contribution is 2.26. The standard InChI is InChI=1S/C22H14BrN3O6S/c23-17-5-7-18(8-6-17)25-22(27)16(14-24)13-15-3-1-2-4-21(15)32-33(30,31)20-11-9-19(10-12-20)26(28)29/h1-13H,(H,25,27)/b16-13-. The second kappa shape index (κ2) is 10.1. The topological polar surface area (TPSA) is 139 Å². The zero-order valence-corrected chi connectivity index (χ0v) is 19.0. The molecule has 0 unspecified atom stereocenters. The Kier molecular flexibility index (Phi) is 7.22. The van der Waals surface area contributed by atoms with Crippen LogP contribution < -0.4 is 9.50 Å². The molecule has 0 aliphatic heterocycles. The summed E-state index contributed by atoms with van der Waals surface area (Å²) in [5.41, 5.74) is 0.0922. The molecule has 9 nitrogen and oxygen atoms in total. The van der Waals surface area contributed by atoms with E-state index in [0.29, 0.717) is 5.69 Å². The van der Waals surface area contributed by atoms with Crippen LogP contribution >= 0.6 is 15.9 Å². The fraction of sp³-hybridized carbons (Fsp3) is 0. The van der Waals surface area contributed by atoms with Crippen LogP contribution in [0.25, 0.3) is 6.08 Å². The first-order valence-corrected chi connectivity index (χ1v) is 11.4. The van der Waals surface area contributed by atoms with Gasteiger partial charge in [0.05, 0.1) is 4.92 Å². The summed E-state index contributed by atoms with van der Waals surface area (Å²) < 4.78 is 31.3. The van der Waals surface area contributed by atoms with Crippen molar-refractivity contribution in [1.82, 2.24) is 0 Å². The Hall–Kier alpha value is -4.01. The van der Waals surface area contributed by atoms with E-state index in [1.54, 1.807) is 36.4 Å². The van der Waals surface area contributed by atoms with Gasteiger partial charge in [-0.2, -0.15) is 13.7 Å². The molecule has 3 aromatic carbocycles. The molecule has 0 fully saturated rings. The molecule has 0 aromatic heterocycles. The first-order chi connectivity index (χ1) is 15.7. The van der Waals surface area contributed by atoms with Gasteiger partial charge in [-0.25, -0.2) is 0 Å². The van der Waals surface area contributed by atoms with Gasteiger partial charge in [0.1, 0.15) is 22.3 Å². The molecule has 0 bridgehead atoms. The van der Waals surface area contributed by atoms with E-state index in [-0.39, 0.29) is 27.5 Å². The van der Waals surface area contributed by atoms with Gasteiger partial charge >= 0.3 is 10.1 Å². The van der Waals surface area contributed by atoms with Crippen LogP contribution in [0.5, 0.6) is 5.75 Å². The van der Waals surface area contributed by atoms with Gasteiger partial charge in [-0.1, -0.05) is 34.1 Å². The summed E-state index contributed by atoms with van der Waals surface area (Å²) in [6.45, 7) is 0. The number of hydrogen-bond donors (Lipinski definition) is 1. The van der Waals surface area contributed by atoms with Gasteiger partial charge < -0.3 is 9.50 Å². The normalized spacial score (nSPS) is 11.3. The first-order valence-electron chi connectivity index (χ1n) is 9.16. The number of amides is 1. The van der Waals surface area contributed by atoms with Crippen molar-refractivity contribution >= 4 is 49.4 Å². The van der Waals surface area contributed by atoms with Crippen molar-refractivity contribution in [1.29, 1.82) is 5.26 Å². The zero-order valence-electron chi connectivity index (χ0n) is 16.6. The molecule has 0 radical (unpaired) electrons. The Morgan fingerprint density at radius 3 is 2.30 bits per heavy atom. The molecule has 1 amide bonds. The Balaban J connectivity index is 1.87. The van der Waals surface area contributed by atoms with Crippen LogP contribution in [0.2, 0.25) is 0 Å². The number of carbonyl (C=O) groups excluding carboxylic acids is 1. The molecular weight excluding hydrogens is 514 g/mol. The van der Waals surface area contributed by atoms with Gasteiger partial charge in [-0.3, -0.25) is 14.9 Å². The maximum atomic E-state index is 12.6. The zero-order chi connectivity index (χ0) is 24.0. The van der Waals surface area contributed by atoms with Crippen molar-refractivity contribution in [2.75, 3.05) is 5.32 Å². The molecule has 33 heavy (non-hydrogen) atoms. The number of nitriles is 1. The number of nitrogens with one attached hydrogen (secondary N) is 1. The van der Waals surface area contributed by atoms with Crippen LogP contribution in [0.4, 0.5) is 11.4 Å². The van der Waals surface area contributed by atoms with Gasteiger partial charge in [0.15, 0.2) is 0 Å². The number of nitrogens with zero attached hydrogens (tertiary/aromatic N) is 2. The third-order valence-corrected chi connectivity index (χ3v) is 6.00. The van der Waals surface area contributed by atoms with E-state index < -0.39 is 20.9 Å². The Labute approximate surface area is 197 Å². The highest BCUT2D eigenvalue weighted by molar-refractivity contribution is 9.10. The van der Waals surface area contributed by atoms with Crippen molar-refractivity contribution in [2.45, 2.75) is 4.90 Å². The highest BCUT2D eigenvalue weighted by Gasteiger charge is 2.20. The van der Waals surface area contributed by atoms with Gasteiger partial charge in [0.25, 0.3) is 11.6 Å². The van der Waals surface area contributed by atoms with Crippen LogP contribution in [0.3, 0.4) is 0 Å². The summed E-state index contributed by atoms with van der Waals surface area (Å²) >= 11 is 3.29. The first kappa shape index (κ1) is 23.6. The number of nitro groups is 1. The summed E-state index contributed by atoms with van der Waals surface area (Å²) in [7, 11) is -4.33. The van der Waals surface area contributed by atoms with Crippen molar-refractivity contribution in [2.24, 2.45) is 0 Å². The number of benzene rings is 3. The monoisotopic (exact) mass is 527 g/mol. The van der Waals surface area contributed by atoms with Crippen LogP contribution in [0.1, 0.15) is 5.56 Å². The molecule has 0 aliphatic carbocycles. The summed E-state index contributed by atoms with van der Waals surface area (Å²) in [6, 6.07) is 18.7. The van der Waals surface area contributed by atoms with Gasteiger partial charge in [0.2, 0.25) is 0 Å². The molecule has 0 saturated carbocycles. The molecule has 11 heteroatoms. The van der Waals surface area contributed by atoms with Gasteiger partial charge in [-0.15, -0.1) is 0 Å². The third kappa shape index (κ3) is 6.03. The minimum absolute atomic E-state index is 0.125.